The molecular formula is C10H12ClNO4S. The van der Waals surface area contributed by atoms with Crippen LogP contribution in [-0.4, -0.2) is 23.3 Å². The van der Waals surface area contributed by atoms with Gasteiger partial charge in [0, 0.05) is 0 Å². The smallest absolute Gasteiger partial charge is 0.413 e. The Morgan fingerprint density at radius 3 is 2.76 bits per heavy atom. The van der Waals surface area contributed by atoms with Gasteiger partial charge in [0.05, 0.1) is 9.34 Å². The van der Waals surface area contributed by atoms with Gasteiger partial charge in [-0.2, -0.15) is 0 Å². The second kappa shape index (κ2) is 6.46. The number of halogens is 1. The third-order valence-corrected chi connectivity index (χ3v) is 3.02. The highest BCUT2D eigenvalue weighted by molar-refractivity contribution is 7.20. The molecule has 0 aliphatic rings. The molecule has 5 nitrogen and oxygen atoms in total. The van der Waals surface area contributed by atoms with E-state index in [1.807, 2.05) is 6.92 Å². The summed E-state index contributed by atoms with van der Waals surface area (Å²) >= 11 is 6.85. The van der Waals surface area contributed by atoms with Gasteiger partial charge in [0.2, 0.25) is 6.10 Å². The van der Waals surface area contributed by atoms with Gasteiger partial charge in [-0.15, -0.1) is 11.3 Å². The van der Waals surface area contributed by atoms with Crippen molar-refractivity contribution in [3.63, 3.8) is 0 Å². The van der Waals surface area contributed by atoms with Crippen LogP contribution in [0.3, 0.4) is 0 Å². The molecular weight excluding hydrogens is 266 g/mol. The molecule has 1 atom stereocenters. The van der Waals surface area contributed by atoms with Gasteiger partial charge in [-0.05, 0) is 18.6 Å². The average molecular weight is 278 g/mol. The van der Waals surface area contributed by atoms with E-state index in [0.717, 1.165) is 0 Å². The fraction of sp³-hybridized carbons (Fsp3) is 0.400. The molecule has 0 aliphatic heterocycles. The highest BCUT2D eigenvalue weighted by atomic mass is 35.5. The number of hydrogen-bond acceptors (Lipinski definition) is 4. The van der Waals surface area contributed by atoms with Gasteiger partial charge >= 0.3 is 12.1 Å². The number of hydrogen-bond donors (Lipinski definition) is 2. The second-order valence-corrected chi connectivity index (χ2v) is 4.96. The van der Waals surface area contributed by atoms with E-state index in [4.69, 9.17) is 21.4 Å². The molecule has 94 valence electrons. The number of rotatable bonds is 5. The topological polar surface area (TPSA) is 75.6 Å². The van der Waals surface area contributed by atoms with Gasteiger partial charge in [0.1, 0.15) is 0 Å². The van der Waals surface area contributed by atoms with Crippen molar-refractivity contribution in [2.45, 2.75) is 25.9 Å². The molecule has 1 aromatic rings. The summed E-state index contributed by atoms with van der Waals surface area (Å²) in [6, 6.07) is 3.24. The van der Waals surface area contributed by atoms with E-state index in [-0.39, 0.29) is 6.42 Å². The normalized spacial score (nSPS) is 11.9. The number of carbonyl (C=O) groups excluding carboxylic acids is 1. The standard InChI is InChI=1S/C10H12ClNO4S/c1-2-3-6(9(13)14)16-10(15)12-8-5-4-7(11)17-8/h4-6H,2-3H2,1H3,(H,12,15)(H,13,14)/t6-/m1/s1. The summed E-state index contributed by atoms with van der Waals surface area (Å²) in [6.45, 7) is 1.82. The second-order valence-electron chi connectivity index (χ2n) is 3.25. The van der Waals surface area contributed by atoms with Gasteiger partial charge in [-0.25, -0.2) is 9.59 Å². The SMILES string of the molecule is CCC[C@@H](OC(=O)Nc1ccc(Cl)s1)C(=O)O. The van der Waals surface area contributed by atoms with E-state index < -0.39 is 18.2 Å². The molecule has 1 amide bonds. The first-order chi connectivity index (χ1) is 8.02. The van der Waals surface area contributed by atoms with Crippen molar-refractivity contribution in [1.82, 2.24) is 0 Å². The molecule has 0 aliphatic carbocycles. The molecule has 1 aromatic heterocycles. The van der Waals surface area contributed by atoms with Crippen LogP contribution in [-0.2, 0) is 9.53 Å². The van der Waals surface area contributed by atoms with Crippen molar-refractivity contribution in [3.05, 3.63) is 16.5 Å². The first-order valence-corrected chi connectivity index (χ1v) is 6.18. The highest BCUT2D eigenvalue weighted by Gasteiger charge is 2.21. The third kappa shape index (κ3) is 4.62. The Morgan fingerprint density at radius 2 is 2.29 bits per heavy atom. The third-order valence-electron chi connectivity index (χ3n) is 1.87. The number of carboxylic acid groups (broad SMARTS) is 1. The first-order valence-electron chi connectivity index (χ1n) is 4.98. The number of aliphatic carboxylic acids is 1. The Labute approximate surface area is 107 Å². The van der Waals surface area contributed by atoms with E-state index in [2.05, 4.69) is 5.32 Å². The number of amides is 1. The van der Waals surface area contributed by atoms with E-state index in [1.165, 1.54) is 11.3 Å². The van der Waals surface area contributed by atoms with Crippen molar-refractivity contribution in [2.24, 2.45) is 0 Å². The van der Waals surface area contributed by atoms with Crippen LogP contribution in [0.5, 0.6) is 0 Å². The van der Waals surface area contributed by atoms with Crippen LogP contribution < -0.4 is 5.32 Å². The van der Waals surface area contributed by atoms with Crippen LogP contribution in [0.25, 0.3) is 0 Å². The lowest BCUT2D eigenvalue weighted by atomic mass is 10.2. The maximum absolute atomic E-state index is 11.4. The number of carboxylic acids is 1. The van der Waals surface area contributed by atoms with E-state index >= 15 is 0 Å². The van der Waals surface area contributed by atoms with Gasteiger partial charge < -0.3 is 9.84 Å². The van der Waals surface area contributed by atoms with Crippen LogP contribution in [0, 0.1) is 0 Å². The highest BCUT2D eigenvalue weighted by Crippen LogP contribution is 2.26. The molecule has 2 N–H and O–H groups in total. The van der Waals surface area contributed by atoms with E-state index in [9.17, 15) is 9.59 Å². The zero-order chi connectivity index (χ0) is 12.8. The molecule has 1 heterocycles. The minimum atomic E-state index is -1.15. The van der Waals surface area contributed by atoms with Crippen LogP contribution in [0.2, 0.25) is 4.34 Å². The number of ether oxygens (including phenoxy) is 1. The van der Waals surface area contributed by atoms with Crippen molar-refractivity contribution >= 4 is 40.0 Å². The monoisotopic (exact) mass is 277 g/mol. The molecule has 0 saturated carbocycles. The maximum atomic E-state index is 11.4. The Hall–Kier alpha value is -1.27. The van der Waals surface area contributed by atoms with Crippen molar-refractivity contribution in [2.75, 3.05) is 5.32 Å². The minimum absolute atomic E-state index is 0.286. The summed E-state index contributed by atoms with van der Waals surface area (Å²) in [4.78, 5) is 22.1. The van der Waals surface area contributed by atoms with Crippen LogP contribution >= 0.6 is 22.9 Å². The molecule has 0 saturated heterocycles. The summed E-state index contributed by atoms with van der Waals surface area (Å²) in [6.07, 6.45) is -0.997. The lowest BCUT2D eigenvalue weighted by Crippen LogP contribution is -2.29. The largest absolute Gasteiger partial charge is 0.479 e. The molecule has 0 radical (unpaired) electrons. The number of thiophene rings is 1. The Kier molecular flexibility index (Phi) is 5.24. The number of nitrogens with one attached hydrogen (secondary N) is 1. The molecule has 0 aromatic carbocycles. The average Bonchev–Trinajstić information content (AvgIpc) is 2.63. The van der Waals surface area contributed by atoms with Crippen LogP contribution in [0.4, 0.5) is 9.80 Å². The molecule has 1 rings (SSSR count). The molecule has 0 fully saturated rings. The van der Waals surface area contributed by atoms with Crippen molar-refractivity contribution in [3.8, 4) is 0 Å². The molecule has 17 heavy (non-hydrogen) atoms. The Morgan fingerprint density at radius 1 is 1.59 bits per heavy atom. The zero-order valence-electron chi connectivity index (χ0n) is 9.10. The van der Waals surface area contributed by atoms with Crippen molar-refractivity contribution in [1.29, 1.82) is 0 Å². The van der Waals surface area contributed by atoms with E-state index in [1.54, 1.807) is 12.1 Å². The molecule has 0 unspecified atom stereocenters. The summed E-state index contributed by atoms with van der Waals surface area (Å²) < 4.78 is 5.31. The van der Waals surface area contributed by atoms with Crippen LogP contribution in [0.1, 0.15) is 19.8 Å². The summed E-state index contributed by atoms with van der Waals surface area (Å²) in [7, 11) is 0. The Balaban J connectivity index is 2.50. The van der Waals surface area contributed by atoms with Gasteiger partial charge in [-0.3, -0.25) is 5.32 Å². The zero-order valence-corrected chi connectivity index (χ0v) is 10.7. The fourth-order valence-electron chi connectivity index (χ4n) is 1.14. The van der Waals surface area contributed by atoms with Gasteiger partial charge in [0.25, 0.3) is 0 Å². The predicted molar refractivity (Wildman–Crippen MR) is 65.8 cm³/mol. The van der Waals surface area contributed by atoms with Crippen molar-refractivity contribution < 1.29 is 19.4 Å². The maximum Gasteiger partial charge on any atom is 0.413 e. The minimum Gasteiger partial charge on any atom is -0.479 e. The lowest BCUT2D eigenvalue weighted by molar-refractivity contribution is -0.146. The predicted octanol–water partition coefficient (Wildman–Crippen LogP) is 3.20. The molecule has 0 bridgehead atoms. The lowest BCUT2D eigenvalue weighted by Gasteiger charge is -2.12. The quantitative estimate of drug-likeness (QED) is 0.866. The first kappa shape index (κ1) is 13.8. The van der Waals surface area contributed by atoms with E-state index in [0.29, 0.717) is 15.8 Å². The fourth-order valence-corrected chi connectivity index (χ4v) is 2.06. The number of anilines is 1. The number of carbonyl (C=O) groups is 2. The molecule has 7 heteroatoms. The summed E-state index contributed by atoms with van der Waals surface area (Å²) in [5, 5.41) is 11.7. The van der Waals surface area contributed by atoms with Gasteiger partial charge in [-0.1, -0.05) is 24.9 Å². The summed E-state index contributed by atoms with van der Waals surface area (Å²) in [5.41, 5.74) is 0. The van der Waals surface area contributed by atoms with Crippen LogP contribution in [0.15, 0.2) is 12.1 Å². The molecule has 0 spiro atoms. The van der Waals surface area contributed by atoms with Gasteiger partial charge in [0.15, 0.2) is 0 Å². The Bertz CT molecular complexity index is 407. The summed E-state index contributed by atoms with van der Waals surface area (Å²) in [5.74, 6) is -1.15.